The molecule has 2 aliphatic heterocycles. The molecule has 0 unspecified atom stereocenters. The van der Waals surface area contributed by atoms with Crippen LogP contribution in [0.25, 0.3) is 22.6 Å². The number of imide groups is 1. The van der Waals surface area contributed by atoms with E-state index in [4.69, 9.17) is 18.9 Å². The smallest absolute Gasteiger partial charge is 0.266 e. The van der Waals surface area contributed by atoms with Crippen molar-refractivity contribution in [3.05, 3.63) is 161 Å². The molecule has 0 radical (unpaired) electrons. The number of benzene rings is 5. The maximum absolute atomic E-state index is 13.1. The zero-order valence-corrected chi connectivity index (χ0v) is 28.5. The monoisotopic (exact) mass is 694 g/mol. The summed E-state index contributed by atoms with van der Waals surface area (Å²) in [7, 11) is 0. The third-order valence-electron chi connectivity index (χ3n) is 9.40. The number of aliphatic hydroxyl groups is 1. The second-order valence-corrected chi connectivity index (χ2v) is 13.6. The van der Waals surface area contributed by atoms with E-state index in [2.05, 4.69) is 6.92 Å². The Bertz CT molecular complexity index is 2080. The number of nitrogens with zero attached hydrogens (tertiary/aromatic N) is 2. The van der Waals surface area contributed by atoms with Gasteiger partial charge in [-0.15, -0.1) is 0 Å². The minimum atomic E-state index is -0.727. The van der Waals surface area contributed by atoms with Crippen molar-refractivity contribution in [1.82, 2.24) is 4.98 Å². The summed E-state index contributed by atoms with van der Waals surface area (Å²) >= 11 is 1.50. The van der Waals surface area contributed by atoms with Crippen molar-refractivity contribution in [2.24, 2.45) is 5.92 Å². The van der Waals surface area contributed by atoms with Gasteiger partial charge in [0.15, 0.2) is 12.1 Å². The second-order valence-electron chi connectivity index (χ2n) is 12.6. The molecule has 2 amide bonds. The Labute approximate surface area is 299 Å². The van der Waals surface area contributed by atoms with Gasteiger partial charge in [0.05, 0.1) is 35.6 Å². The van der Waals surface area contributed by atoms with Crippen LogP contribution in [0.2, 0.25) is 0 Å². The molecule has 3 heterocycles. The van der Waals surface area contributed by atoms with E-state index in [-0.39, 0.29) is 36.5 Å². The van der Waals surface area contributed by atoms with E-state index >= 15 is 0 Å². The fourth-order valence-electron chi connectivity index (χ4n) is 6.61. The molecule has 6 aromatic rings. The first-order valence-electron chi connectivity index (χ1n) is 16.8. The van der Waals surface area contributed by atoms with Crippen LogP contribution >= 0.6 is 11.8 Å². The van der Waals surface area contributed by atoms with Crippen molar-refractivity contribution in [3.8, 4) is 22.6 Å². The molecule has 0 spiro atoms. The number of carbonyl (C=O) groups is 2. The van der Waals surface area contributed by atoms with Crippen molar-refractivity contribution in [2.45, 2.75) is 37.3 Å². The molecule has 0 bridgehead atoms. The highest BCUT2D eigenvalue weighted by Gasteiger charge is 2.40. The molecule has 8 nitrogen and oxygen atoms in total. The first-order valence-corrected chi connectivity index (χ1v) is 17.8. The van der Waals surface area contributed by atoms with Crippen molar-refractivity contribution in [1.29, 1.82) is 0 Å². The number of carbonyl (C=O) groups excluding carboxylic acids is 2. The van der Waals surface area contributed by atoms with Gasteiger partial charge in [-0.2, -0.15) is 0 Å². The summed E-state index contributed by atoms with van der Waals surface area (Å²) in [6.07, 6.45) is -1.31. The zero-order chi connectivity index (χ0) is 34.9. The van der Waals surface area contributed by atoms with Gasteiger partial charge in [-0.3, -0.25) is 9.59 Å². The summed E-state index contributed by atoms with van der Waals surface area (Å²) in [5.41, 5.74) is 6.51. The van der Waals surface area contributed by atoms with E-state index in [1.165, 1.54) is 16.7 Å². The first kappa shape index (κ1) is 32.9. The lowest BCUT2D eigenvalue weighted by atomic mass is 9.91. The Morgan fingerprint density at radius 1 is 0.706 bits per heavy atom. The highest BCUT2D eigenvalue weighted by Crippen LogP contribution is 2.44. The van der Waals surface area contributed by atoms with Gasteiger partial charge >= 0.3 is 0 Å². The number of oxazole rings is 1. The van der Waals surface area contributed by atoms with Crippen LogP contribution in [0.4, 0.5) is 5.69 Å². The minimum Gasteiger partial charge on any atom is -0.431 e. The molecule has 254 valence electrons. The summed E-state index contributed by atoms with van der Waals surface area (Å²) in [6.45, 7) is 2.07. The van der Waals surface area contributed by atoms with Crippen LogP contribution in [-0.4, -0.2) is 33.8 Å². The molecule has 9 heteroatoms. The molecule has 2 aliphatic rings. The molecule has 1 saturated heterocycles. The quantitative estimate of drug-likeness (QED) is 0.118. The molecule has 1 aromatic heterocycles. The first-order chi connectivity index (χ1) is 25.0. The number of fused-ring (bicyclic) bond motifs is 1. The molecule has 8 rings (SSSR count). The van der Waals surface area contributed by atoms with Crippen molar-refractivity contribution < 1.29 is 28.6 Å². The summed E-state index contributed by atoms with van der Waals surface area (Å²) < 4.78 is 19.7. The van der Waals surface area contributed by atoms with Gasteiger partial charge in [-0.1, -0.05) is 128 Å². The van der Waals surface area contributed by atoms with E-state index in [0.717, 1.165) is 33.5 Å². The number of anilines is 1. The van der Waals surface area contributed by atoms with Crippen LogP contribution in [0, 0.1) is 5.92 Å². The Kier molecular flexibility index (Phi) is 9.10. The molecule has 5 aromatic carbocycles. The molecule has 0 saturated carbocycles. The van der Waals surface area contributed by atoms with Gasteiger partial charge in [0.25, 0.3) is 17.0 Å². The molecule has 1 N–H and O–H groups in total. The predicted molar refractivity (Wildman–Crippen MR) is 195 cm³/mol. The normalized spacial score (nSPS) is 20.1. The molecule has 51 heavy (non-hydrogen) atoms. The number of amides is 2. The lowest BCUT2D eigenvalue weighted by Crippen LogP contribution is -2.38. The number of hydrogen-bond acceptors (Lipinski definition) is 8. The number of hydrogen-bond donors (Lipinski definition) is 1. The topological polar surface area (TPSA) is 102 Å². The van der Waals surface area contributed by atoms with Crippen LogP contribution in [0.3, 0.4) is 0 Å². The molecule has 4 atom stereocenters. The SMILES string of the molecule is C[C@H]1[C@@H](CSc2nc(-c3ccccc3)c(-c3ccccc3)o2)O[C@@H](c2ccc(N3C(=O)c4ccccc4C3=O)cc2)O[C@H]1c1ccc(CO)cc1. The van der Waals surface area contributed by atoms with E-state index in [1.54, 1.807) is 36.4 Å². The van der Waals surface area contributed by atoms with Crippen molar-refractivity contribution >= 4 is 29.3 Å². The number of rotatable bonds is 9. The third kappa shape index (κ3) is 6.41. The maximum atomic E-state index is 13.1. The molecule has 0 aliphatic carbocycles. The van der Waals surface area contributed by atoms with Gasteiger partial charge < -0.3 is 19.0 Å². The highest BCUT2D eigenvalue weighted by atomic mass is 32.2. The Balaban J connectivity index is 1.07. The third-order valence-corrected chi connectivity index (χ3v) is 10.3. The highest BCUT2D eigenvalue weighted by molar-refractivity contribution is 7.99. The van der Waals surface area contributed by atoms with Crippen LogP contribution in [0.1, 0.15) is 56.7 Å². The molecule has 1 fully saturated rings. The van der Waals surface area contributed by atoms with E-state index in [9.17, 15) is 14.7 Å². The summed E-state index contributed by atoms with van der Waals surface area (Å²) in [4.78, 5) is 32.4. The Morgan fingerprint density at radius 3 is 1.92 bits per heavy atom. The minimum absolute atomic E-state index is 0.0438. The average molecular weight is 695 g/mol. The van der Waals surface area contributed by atoms with Gasteiger partial charge in [0.1, 0.15) is 5.69 Å². The van der Waals surface area contributed by atoms with Gasteiger partial charge in [0, 0.05) is 28.4 Å². The standard InChI is InChI=1S/C42H34N2O6S/c1-26-35(25-51-42-43-36(28-10-4-2-5-11-28)38(50-42)29-12-6-3-7-13-29)48-41(49-37(26)30-18-16-27(24-45)17-19-30)31-20-22-32(23-21-31)44-39(46)33-14-8-9-15-34(33)40(44)47/h2-23,26,35,37,41,45H,24-25H2,1H3/t26-,35+,37+,41+/m0/s1. The average Bonchev–Trinajstić information content (AvgIpc) is 3.73. The number of aromatic nitrogens is 1. The van der Waals surface area contributed by atoms with Crippen LogP contribution in [0.15, 0.2) is 143 Å². The summed E-state index contributed by atoms with van der Waals surface area (Å²) in [5, 5.41) is 10.2. The number of aliphatic hydroxyl groups excluding tert-OH is 1. The second kappa shape index (κ2) is 14.1. The fourth-order valence-corrected chi connectivity index (χ4v) is 7.59. The lowest BCUT2D eigenvalue weighted by molar-refractivity contribution is -0.268. The van der Waals surface area contributed by atoms with E-state index in [0.29, 0.717) is 33.6 Å². The maximum Gasteiger partial charge on any atom is 0.266 e. The number of ether oxygens (including phenoxy) is 2. The predicted octanol–water partition coefficient (Wildman–Crippen LogP) is 8.89. The Hall–Kier alpha value is -5.32. The van der Waals surface area contributed by atoms with E-state index < -0.39 is 6.29 Å². The van der Waals surface area contributed by atoms with Crippen molar-refractivity contribution in [3.63, 3.8) is 0 Å². The van der Waals surface area contributed by atoms with Gasteiger partial charge in [-0.25, -0.2) is 9.88 Å². The lowest BCUT2D eigenvalue weighted by Gasteiger charge is -2.41. The van der Waals surface area contributed by atoms with Crippen LogP contribution < -0.4 is 4.90 Å². The largest absolute Gasteiger partial charge is 0.431 e. The van der Waals surface area contributed by atoms with Gasteiger partial charge in [-0.05, 0) is 35.4 Å². The van der Waals surface area contributed by atoms with E-state index in [1.807, 2.05) is 97.1 Å². The zero-order valence-electron chi connectivity index (χ0n) is 27.7. The summed E-state index contributed by atoms with van der Waals surface area (Å²) in [5.74, 6) is 0.514. The summed E-state index contributed by atoms with van der Waals surface area (Å²) in [6, 6.07) is 41.8. The molecular formula is C42H34N2O6S. The van der Waals surface area contributed by atoms with Crippen LogP contribution in [-0.2, 0) is 16.1 Å². The van der Waals surface area contributed by atoms with Crippen molar-refractivity contribution in [2.75, 3.05) is 10.7 Å². The molecular weight excluding hydrogens is 661 g/mol. The Morgan fingerprint density at radius 2 is 1.29 bits per heavy atom. The fraction of sp³-hybridized carbons (Fsp3) is 0.167. The number of thioether (sulfide) groups is 1. The van der Waals surface area contributed by atoms with Crippen LogP contribution in [0.5, 0.6) is 0 Å². The van der Waals surface area contributed by atoms with Gasteiger partial charge in [0.2, 0.25) is 0 Å².